The first kappa shape index (κ1) is 22.8. The summed E-state index contributed by atoms with van der Waals surface area (Å²) in [5.74, 6) is 1.99. The number of piperazine rings is 1. The van der Waals surface area contributed by atoms with Crippen LogP contribution in [0.4, 0.5) is 0 Å². The van der Waals surface area contributed by atoms with E-state index in [-0.39, 0.29) is 5.92 Å². The average Bonchev–Trinajstić information content (AvgIpc) is 3.29. The first-order valence-electron chi connectivity index (χ1n) is 11.6. The van der Waals surface area contributed by atoms with Gasteiger partial charge >= 0.3 is 0 Å². The highest BCUT2D eigenvalue weighted by Crippen LogP contribution is 2.33. The number of benzene rings is 2. The third-order valence-corrected chi connectivity index (χ3v) is 7.38. The molecule has 1 unspecified atom stereocenters. The lowest BCUT2D eigenvalue weighted by Gasteiger charge is -2.39. The molecule has 6 nitrogen and oxygen atoms in total. The highest BCUT2D eigenvalue weighted by atomic mass is 35.5. The molecule has 3 heterocycles. The van der Waals surface area contributed by atoms with E-state index in [1.807, 2.05) is 18.2 Å². The number of hydrogen-bond acceptors (Lipinski definition) is 5. The molecular formula is C25H29Cl2N3O3. The molecule has 1 amide bonds. The van der Waals surface area contributed by atoms with Crippen molar-refractivity contribution in [3.05, 3.63) is 57.6 Å². The van der Waals surface area contributed by atoms with Crippen LogP contribution in [0.3, 0.4) is 0 Å². The minimum Gasteiger partial charge on any atom is -0.454 e. The number of ether oxygens (including phenoxy) is 2. The molecule has 0 aliphatic carbocycles. The van der Waals surface area contributed by atoms with E-state index in [9.17, 15) is 4.79 Å². The fourth-order valence-corrected chi connectivity index (χ4v) is 5.44. The Hall–Kier alpha value is -1.99. The molecule has 0 bridgehead atoms. The molecule has 8 heteroatoms. The maximum atomic E-state index is 13.3. The van der Waals surface area contributed by atoms with Crippen LogP contribution < -0.4 is 9.47 Å². The summed E-state index contributed by atoms with van der Waals surface area (Å²) in [7, 11) is 0. The molecule has 0 spiro atoms. The highest BCUT2D eigenvalue weighted by Gasteiger charge is 2.31. The Morgan fingerprint density at radius 1 is 0.909 bits per heavy atom. The molecule has 0 saturated carbocycles. The Morgan fingerprint density at radius 3 is 2.55 bits per heavy atom. The molecule has 0 aromatic heterocycles. The van der Waals surface area contributed by atoms with E-state index in [4.69, 9.17) is 32.7 Å². The van der Waals surface area contributed by atoms with E-state index in [1.165, 1.54) is 5.56 Å². The Labute approximate surface area is 204 Å². The van der Waals surface area contributed by atoms with Crippen LogP contribution in [0, 0.1) is 5.92 Å². The van der Waals surface area contributed by atoms with Gasteiger partial charge in [-0.1, -0.05) is 35.3 Å². The zero-order valence-corrected chi connectivity index (χ0v) is 20.2. The predicted octanol–water partition coefficient (Wildman–Crippen LogP) is 4.28. The number of fused-ring (bicyclic) bond motifs is 1. The van der Waals surface area contributed by atoms with E-state index < -0.39 is 0 Å². The van der Waals surface area contributed by atoms with Crippen LogP contribution in [0.1, 0.15) is 24.0 Å². The van der Waals surface area contributed by atoms with Crippen molar-refractivity contribution in [1.82, 2.24) is 14.7 Å². The fourth-order valence-electron chi connectivity index (χ4n) is 4.97. The third-order valence-electron chi connectivity index (χ3n) is 6.79. The lowest BCUT2D eigenvalue weighted by Crippen LogP contribution is -2.52. The van der Waals surface area contributed by atoms with Gasteiger partial charge in [0.1, 0.15) is 0 Å². The van der Waals surface area contributed by atoms with Crippen molar-refractivity contribution in [2.45, 2.75) is 25.9 Å². The predicted molar refractivity (Wildman–Crippen MR) is 129 cm³/mol. The Bertz CT molecular complexity index is 1010. The Morgan fingerprint density at radius 2 is 1.73 bits per heavy atom. The minimum absolute atomic E-state index is 0.0604. The van der Waals surface area contributed by atoms with Crippen molar-refractivity contribution in [1.29, 1.82) is 0 Å². The molecule has 33 heavy (non-hydrogen) atoms. The molecule has 2 aromatic carbocycles. The Balaban J connectivity index is 1.12. The summed E-state index contributed by atoms with van der Waals surface area (Å²) < 4.78 is 10.9. The van der Waals surface area contributed by atoms with Gasteiger partial charge in [-0.3, -0.25) is 14.6 Å². The van der Waals surface area contributed by atoms with Gasteiger partial charge in [-0.15, -0.1) is 0 Å². The summed E-state index contributed by atoms with van der Waals surface area (Å²) in [4.78, 5) is 20.1. The van der Waals surface area contributed by atoms with E-state index in [0.717, 1.165) is 82.3 Å². The van der Waals surface area contributed by atoms with E-state index >= 15 is 0 Å². The standard InChI is InChI=1S/C25H29Cl2N3O3/c26-21-5-4-19(22(27)13-21)15-29-7-1-2-20(16-29)25(31)30-10-8-28(9-11-30)14-18-3-6-23-24(12-18)33-17-32-23/h3-6,12-13,20H,1-2,7-11,14-17H2. The lowest BCUT2D eigenvalue weighted by atomic mass is 9.95. The summed E-state index contributed by atoms with van der Waals surface area (Å²) in [6.45, 7) is 7.02. The van der Waals surface area contributed by atoms with E-state index in [2.05, 4.69) is 26.8 Å². The highest BCUT2D eigenvalue weighted by molar-refractivity contribution is 6.35. The van der Waals surface area contributed by atoms with Gasteiger partial charge < -0.3 is 14.4 Å². The number of nitrogens with zero attached hydrogens (tertiary/aromatic N) is 3. The maximum absolute atomic E-state index is 13.3. The molecule has 3 aliphatic heterocycles. The largest absolute Gasteiger partial charge is 0.454 e. The lowest BCUT2D eigenvalue weighted by molar-refractivity contribution is -0.139. The number of halogens is 2. The summed E-state index contributed by atoms with van der Waals surface area (Å²) in [5, 5.41) is 1.34. The SMILES string of the molecule is O=C(C1CCCN(Cc2ccc(Cl)cc2Cl)C1)N1CCN(Cc2ccc3c(c2)OCO3)CC1. The topological polar surface area (TPSA) is 45.3 Å². The van der Waals surface area contributed by atoms with Gasteiger partial charge in [0.2, 0.25) is 12.7 Å². The van der Waals surface area contributed by atoms with Gasteiger partial charge in [0, 0.05) is 55.9 Å². The summed E-state index contributed by atoms with van der Waals surface area (Å²) in [6.07, 6.45) is 1.99. The normalized spacial score (nSPS) is 21.4. The molecule has 1 atom stereocenters. The van der Waals surface area contributed by atoms with Crippen molar-refractivity contribution in [2.24, 2.45) is 5.92 Å². The molecular weight excluding hydrogens is 461 g/mol. The minimum atomic E-state index is 0.0604. The summed E-state index contributed by atoms with van der Waals surface area (Å²) in [5.41, 5.74) is 2.27. The van der Waals surface area contributed by atoms with Crippen LogP contribution in [-0.4, -0.2) is 66.7 Å². The molecule has 2 fully saturated rings. The smallest absolute Gasteiger partial charge is 0.231 e. The van der Waals surface area contributed by atoms with Crippen molar-refractivity contribution in [2.75, 3.05) is 46.1 Å². The molecule has 0 N–H and O–H groups in total. The molecule has 0 radical (unpaired) electrons. The maximum Gasteiger partial charge on any atom is 0.231 e. The van der Waals surface area contributed by atoms with Gasteiger partial charge in [0.15, 0.2) is 11.5 Å². The number of likely N-dealkylation sites (tertiary alicyclic amines) is 1. The second-order valence-electron chi connectivity index (χ2n) is 9.10. The van der Waals surface area contributed by atoms with Crippen molar-refractivity contribution in [3.63, 3.8) is 0 Å². The van der Waals surface area contributed by atoms with Crippen LogP contribution in [0.25, 0.3) is 0 Å². The number of rotatable bonds is 5. The molecule has 3 aliphatic rings. The number of amides is 1. The van der Waals surface area contributed by atoms with Gasteiger partial charge in [-0.2, -0.15) is 0 Å². The molecule has 2 aromatic rings. The van der Waals surface area contributed by atoms with E-state index in [1.54, 1.807) is 6.07 Å². The fraction of sp³-hybridized carbons (Fsp3) is 0.480. The van der Waals surface area contributed by atoms with Gasteiger partial charge in [0.05, 0.1) is 5.92 Å². The van der Waals surface area contributed by atoms with Crippen LogP contribution >= 0.6 is 23.2 Å². The van der Waals surface area contributed by atoms with Gasteiger partial charge in [0.25, 0.3) is 0 Å². The van der Waals surface area contributed by atoms with Crippen molar-refractivity contribution in [3.8, 4) is 11.5 Å². The van der Waals surface area contributed by atoms with Crippen LogP contribution in [0.2, 0.25) is 10.0 Å². The second-order valence-corrected chi connectivity index (χ2v) is 9.94. The van der Waals surface area contributed by atoms with Crippen molar-refractivity contribution >= 4 is 29.1 Å². The van der Waals surface area contributed by atoms with Crippen LogP contribution in [-0.2, 0) is 17.9 Å². The van der Waals surface area contributed by atoms with Crippen molar-refractivity contribution < 1.29 is 14.3 Å². The number of carbonyl (C=O) groups is 1. The second kappa shape index (κ2) is 10.1. The number of piperidine rings is 1. The molecule has 176 valence electrons. The van der Waals surface area contributed by atoms with Crippen LogP contribution in [0.5, 0.6) is 11.5 Å². The zero-order chi connectivity index (χ0) is 22.8. The third kappa shape index (κ3) is 5.40. The first-order valence-corrected chi connectivity index (χ1v) is 12.4. The molecule has 5 rings (SSSR count). The first-order chi connectivity index (χ1) is 16.0. The average molecular weight is 490 g/mol. The molecule has 2 saturated heterocycles. The Kier molecular flexibility index (Phi) is 6.97. The number of hydrogen-bond donors (Lipinski definition) is 0. The summed E-state index contributed by atoms with van der Waals surface area (Å²) in [6, 6.07) is 11.8. The number of carbonyl (C=O) groups excluding carboxylic acids is 1. The quantitative estimate of drug-likeness (QED) is 0.627. The zero-order valence-electron chi connectivity index (χ0n) is 18.6. The van der Waals surface area contributed by atoms with Gasteiger partial charge in [-0.05, 0) is 54.8 Å². The van der Waals surface area contributed by atoms with E-state index in [0.29, 0.717) is 22.7 Å². The van der Waals surface area contributed by atoms with Gasteiger partial charge in [-0.25, -0.2) is 0 Å². The monoisotopic (exact) mass is 489 g/mol. The summed E-state index contributed by atoms with van der Waals surface area (Å²) >= 11 is 12.4. The van der Waals surface area contributed by atoms with Crippen LogP contribution in [0.15, 0.2) is 36.4 Å².